The number of nitrogens with one attached hydrogen (secondary N) is 2. The van der Waals surface area contributed by atoms with E-state index in [9.17, 15) is 4.79 Å². The first-order chi connectivity index (χ1) is 8.86. The lowest BCUT2D eigenvalue weighted by molar-refractivity contribution is 0.0809. The molecule has 0 atom stereocenters. The Hall–Kier alpha value is -0.810. The monoisotopic (exact) mass is 327 g/mol. The summed E-state index contributed by atoms with van der Waals surface area (Å²) in [5.74, 6) is -0.0140. The summed E-state index contributed by atoms with van der Waals surface area (Å²) >= 11 is 3.34. The molecule has 1 aromatic heterocycles. The lowest BCUT2D eigenvalue weighted by Gasteiger charge is -2.41. The molecule has 1 amide bonds. The smallest absolute Gasteiger partial charge is 0.267 e. The molecule has 2 heterocycles. The molecule has 1 aromatic rings. The molecule has 5 heteroatoms. The fraction of sp³-hybridized carbons (Fsp3) is 0.643. The van der Waals surface area contributed by atoms with Crippen molar-refractivity contribution in [3.63, 3.8) is 0 Å². The molecule has 106 valence electrons. The summed E-state index contributed by atoms with van der Waals surface area (Å²) in [6, 6.07) is 2.09. The van der Waals surface area contributed by atoms with E-state index in [2.05, 4.69) is 51.9 Å². The van der Waals surface area contributed by atoms with Gasteiger partial charge < -0.3 is 10.3 Å². The number of halogens is 1. The van der Waals surface area contributed by atoms with Gasteiger partial charge in [-0.3, -0.25) is 9.69 Å². The molecule has 0 aromatic carbocycles. The minimum atomic E-state index is -0.0140. The highest BCUT2D eigenvalue weighted by Crippen LogP contribution is 2.20. The fourth-order valence-corrected chi connectivity index (χ4v) is 2.80. The molecule has 0 aliphatic carbocycles. The van der Waals surface area contributed by atoms with Crippen LogP contribution in [-0.4, -0.2) is 40.5 Å². The number of carbonyl (C=O) groups excluding carboxylic acids is 1. The lowest BCUT2D eigenvalue weighted by atomic mass is 9.98. The summed E-state index contributed by atoms with van der Waals surface area (Å²) in [5.41, 5.74) is 0.837. The topological polar surface area (TPSA) is 48.1 Å². The van der Waals surface area contributed by atoms with E-state index >= 15 is 0 Å². The molecule has 2 N–H and O–H groups in total. The summed E-state index contributed by atoms with van der Waals surface area (Å²) in [5, 5.41) is 3.10. The van der Waals surface area contributed by atoms with Crippen molar-refractivity contribution < 1.29 is 4.79 Å². The van der Waals surface area contributed by atoms with Crippen LogP contribution in [0.1, 0.15) is 44.1 Å². The first-order valence-corrected chi connectivity index (χ1v) is 7.55. The van der Waals surface area contributed by atoms with Crippen molar-refractivity contribution in [2.45, 2.75) is 45.2 Å². The number of nitrogens with zero attached hydrogens (tertiary/aromatic N) is 1. The van der Waals surface area contributed by atoms with Gasteiger partial charge in [-0.15, -0.1) is 0 Å². The number of likely N-dealkylation sites (tertiary alicyclic amines) is 1. The van der Waals surface area contributed by atoms with E-state index in [0.29, 0.717) is 5.69 Å². The third kappa shape index (κ3) is 3.83. The normalized spacial score (nSPS) is 18.5. The molecule has 1 aliphatic heterocycles. The predicted octanol–water partition coefficient (Wildman–Crippen LogP) is 2.77. The quantitative estimate of drug-likeness (QED) is 0.877. The van der Waals surface area contributed by atoms with Crippen LogP contribution in [0.15, 0.2) is 16.7 Å². The summed E-state index contributed by atoms with van der Waals surface area (Å²) in [7, 11) is 0. The molecule has 1 saturated heterocycles. The lowest BCUT2D eigenvalue weighted by Crippen LogP contribution is -2.50. The first-order valence-electron chi connectivity index (χ1n) is 6.76. The average Bonchev–Trinajstić information content (AvgIpc) is 2.75. The zero-order valence-electron chi connectivity index (χ0n) is 11.8. The Morgan fingerprint density at radius 1 is 1.42 bits per heavy atom. The largest absolute Gasteiger partial charge is 0.356 e. The van der Waals surface area contributed by atoms with Gasteiger partial charge >= 0.3 is 0 Å². The highest BCUT2D eigenvalue weighted by Gasteiger charge is 2.27. The fourth-order valence-electron chi connectivity index (χ4n) is 2.46. The molecule has 0 bridgehead atoms. The minimum absolute atomic E-state index is 0.0140. The maximum Gasteiger partial charge on any atom is 0.267 e. The maximum atomic E-state index is 12.0. The highest BCUT2D eigenvalue weighted by atomic mass is 79.9. The van der Waals surface area contributed by atoms with Crippen molar-refractivity contribution >= 4 is 21.8 Å². The Labute approximate surface area is 123 Å². The van der Waals surface area contributed by atoms with Crippen LogP contribution in [-0.2, 0) is 0 Å². The van der Waals surface area contributed by atoms with Crippen molar-refractivity contribution in [3.05, 3.63) is 22.4 Å². The molecular weight excluding hydrogens is 306 g/mol. The maximum absolute atomic E-state index is 12.0. The second-order valence-electron chi connectivity index (χ2n) is 6.14. The number of piperidine rings is 1. The Morgan fingerprint density at radius 2 is 2.05 bits per heavy atom. The highest BCUT2D eigenvalue weighted by molar-refractivity contribution is 9.10. The van der Waals surface area contributed by atoms with Crippen LogP contribution in [0, 0.1) is 0 Å². The number of aromatic nitrogens is 1. The molecular formula is C14H22BrN3O. The Morgan fingerprint density at radius 3 is 2.53 bits per heavy atom. The minimum Gasteiger partial charge on any atom is -0.356 e. The number of carbonyl (C=O) groups is 1. The zero-order valence-corrected chi connectivity index (χ0v) is 13.4. The second kappa shape index (κ2) is 5.67. The van der Waals surface area contributed by atoms with Crippen molar-refractivity contribution in [1.82, 2.24) is 15.2 Å². The summed E-state index contributed by atoms with van der Waals surface area (Å²) < 4.78 is 0.903. The SMILES string of the molecule is CC(C)(C)N1CCC(NC(=O)c2cc(Br)c[nH]2)CC1. The van der Waals surface area contributed by atoms with Crippen molar-refractivity contribution in [3.8, 4) is 0 Å². The summed E-state index contributed by atoms with van der Waals surface area (Å²) in [4.78, 5) is 17.5. The van der Waals surface area contributed by atoms with E-state index < -0.39 is 0 Å². The molecule has 0 spiro atoms. The van der Waals surface area contributed by atoms with Crippen LogP contribution in [0.4, 0.5) is 0 Å². The zero-order chi connectivity index (χ0) is 14.0. The Kier molecular flexibility index (Phi) is 4.36. The Bertz CT molecular complexity index is 442. The van der Waals surface area contributed by atoms with Crippen molar-refractivity contribution in [1.29, 1.82) is 0 Å². The molecule has 0 radical (unpaired) electrons. The standard InChI is InChI=1S/C14H22BrN3O/c1-14(2,3)18-6-4-11(5-7-18)17-13(19)12-8-10(15)9-16-12/h8-9,11,16H,4-7H2,1-3H3,(H,17,19). The van der Waals surface area contributed by atoms with Crippen LogP contribution < -0.4 is 5.32 Å². The molecule has 19 heavy (non-hydrogen) atoms. The number of hydrogen-bond donors (Lipinski definition) is 2. The number of amides is 1. The summed E-state index contributed by atoms with van der Waals surface area (Å²) in [6.07, 6.45) is 3.81. The van der Waals surface area contributed by atoms with E-state index in [1.165, 1.54) is 0 Å². The van der Waals surface area contributed by atoms with Gasteiger partial charge in [0.15, 0.2) is 0 Å². The number of hydrogen-bond acceptors (Lipinski definition) is 2. The van der Waals surface area contributed by atoms with E-state index in [1.54, 1.807) is 12.3 Å². The molecule has 1 aliphatic rings. The van der Waals surface area contributed by atoms with Crippen LogP contribution in [0.25, 0.3) is 0 Å². The number of rotatable bonds is 2. The second-order valence-corrected chi connectivity index (χ2v) is 7.05. The van der Waals surface area contributed by atoms with Gasteiger partial charge in [-0.1, -0.05) is 0 Å². The van der Waals surface area contributed by atoms with Crippen molar-refractivity contribution in [2.75, 3.05) is 13.1 Å². The molecule has 0 unspecified atom stereocenters. The van der Waals surface area contributed by atoms with Gasteiger partial charge in [0.25, 0.3) is 5.91 Å². The molecule has 1 fully saturated rings. The van der Waals surface area contributed by atoms with E-state index in [0.717, 1.165) is 30.4 Å². The van der Waals surface area contributed by atoms with Crippen LogP contribution in [0.5, 0.6) is 0 Å². The van der Waals surface area contributed by atoms with Gasteiger partial charge in [-0.2, -0.15) is 0 Å². The molecule has 2 rings (SSSR count). The Balaban J connectivity index is 1.84. The first kappa shape index (κ1) is 14.6. The molecule has 4 nitrogen and oxygen atoms in total. The van der Waals surface area contributed by atoms with Gasteiger partial charge in [0.2, 0.25) is 0 Å². The van der Waals surface area contributed by atoms with Gasteiger partial charge in [0.05, 0.1) is 0 Å². The van der Waals surface area contributed by atoms with E-state index in [-0.39, 0.29) is 17.5 Å². The van der Waals surface area contributed by atoms with Gasteiger partial charge in [0.1, 0.15) is 5.69 Å². The number of H-pyrrole nitrogens is 1. The third-order valence-electron chi connectivity index (χ3n) is 3.67. The predicted molar refractivity (Wildman–Crippen MR) is 80.3 cm³/mol. The third-order valence-corrected chi connectivity index (χ3v) is 4.13. The van der Waals surface area contributed by atoms with Gasteiger partial charge in [0, 0.05) is 35.3 Å². The van der Waals surface area contributed by atoms with Gasteiger partial charge in [-0.05, 0) is 55.6 Å². The van der Waals surface area contributed by atoms with Crippen LogP contribution in [0.2, 0.25) is 0 Å². The van der Waals surface area contributed by atoms with Crippen molar-refractivity contribution in [2.24, 2.45) is 0 Å². The van der Waals surface area contributed by atoms with E-state index in [4.69, 9.17) is 0 Å². The summed E-state index contributed by atoms with van der Waals surface area (Å²) in [6.45, 7) is 8.80. The van der Waals surface area contributed by atoms with Crippen LogP contribution >= 0.6 is 15.9 Å². The molecule has 0 saturated carbocycles. The van der Waals surface area contributed by atoms with E-state index in [1.807, 2.05) is 0 Å². The van der Waals surface area contributed by atoms with Crippen LogP contribution in [0.3, 0.4) is 0 Å². The van der Waals surface area contributed by atoms with Gasteiger partial charge in [-0.25, -0.2) is 0 Å². The number of aromatic amines is 1. The average molecular weight is 328 g/mol.